The van der Waals surface area contributed by atoms with Crippen molar-refractivity contribution in [3.8, 4) is 34.5 Å². The minimum absolute atomic E-state index is 0.0324. The lowest BCUT2D eigenvalue weighted by Gasteiger charge is -2.41. The summed E-state index contributed by atoms with van der Waals surface area (Å²) in [4.78, 5) is 25.1. The van der Waals surface area contributed by atoms with Gasteiger partial charge in [-0.1, -0.05) is 12.1 Å². The fourth-order valence-electron chi connectivity index (χ4n) is 4.82. The van der Waals surface area contributed by atoms with Gasteiger partial charge in [0.25, 0.3) is 0 Å². The van der Waals surface area contributed by atoms with Gasteiger partial charge < -0.3 is 79.9 Å². The Kier molecular flexibility index (Phi) is 11.1. The van der Waals surface area contributed by atoms with Crippen molar-refractivity contribution >= 4 is 17.8 Å². The summed E-state index contributed by atoms with van der Waals surface area (Å²) in [5.41, 5.74) is -0.464. The third-order valence-electron chi connectivity index (χ3n) is 7.38. The van der Waals surface area contributed by atoms with Crippen LogP contribution in [0.25, 0.3) is 6.08 Å². The van der Waals surface area contributed by atoms with Crippen molar-refractivity contribution < 1.29 is 89.4 Å². The zero-order chi connectivity index (χ0) is 34.7. The van der Waals surface area contributed by atoms with Crippen LogP contribution < -0.4 is 9.47 Å². The average Bonchev–Trinajstić information content (AvgIpc) is 3.03. The van der Waals surface area contributed by atoms with E-state index in [9.17, 15) is 65.8 Å². The molecule has 0 amide bonds. The molecule has 4 rings (SSSR count). The number of carbonyl (C=O) groups excluding carboxylic acids is 2. The van der Waals surface area contributed by atoms with E-state index in [-0.39, 0.29) is 5.75 Å². The smallest absolute Gasteiger partial charge is 0.331 e. The SMILES string of the molecule is CC(=O)c1c(O)c(O[C@@H]2O[C@H](CO)[C@@H](O)[C@H](O)[C@H]2O)c(O)c(O[C@@H]2O[C@H](CO)[C@@H](O)[C@H](O)[C@H]2OC(=O)/C=C/c2ccc(O)cc2)c1O. The average molecular weight is 671 g/mol. The Morgan fingerprint density at radius 3 is 1.77 bits per heavy atom. The number of hydrogen-bond donors (Lipinski definition) is 11. The number of benzene rings is 2. The second-order valence-corrected chi connectivity index (χ2v) is 10.6. The molecule has 0 aliphatic carbocycles. The molecule has 10 atom stereocenters. The van der Waals surface area contributed by atoms with Crippen LogP contribution in [-0.2, 0) is 19.0 Å². The molecule has 2 fully saturated rings. The predicted molar refractivity (Wildman–Crippen MR) is 151 cm³/mol. The van der Waals surface area contributed by atoms with Crippen LogP contribution in [0.3, 0.4) is 0 Å². The lowest BCUT2D eigenvalue weighted by Crippen LogP contribution is -2.61. The molecule has 0 saturated carbocycles. The fraction of sp³-hybridized carbons (Fsp3) is 0.448. The number of esters is 1. The maximum absolute atomic E-state index is 12.7. The van der Waals surface area contributed by atoms with Gasteiger partial charge in [-0.2, -0.15) is 0 Å². The van der Waals surface area contributed by atoms with Crippen LogP contribution in [0.1, 0.15) is 22.8 Å². The van der Waals surface area contributed by atoms with Gasteiger partial charge in [-0.05, 0) is 30.7 Å². The molecule has 0 aromatic heterocycles. The molecule has 0 bridgehead atoms. The summed E-state index contributed by atoms with van der Waals surface area (Å²) in [7, 11) is 0. The Bertz CT molecular complexity index is 1460. The molecule has 0 spiro atoms. The zero-order valence-corrected chi connectivity index (χ0v) is 24.4. The van der Waals surface area contributed by atoms with Gasteiger partial charge in [0.1, 0.15) is 54.0 Å². The maximum atomic E-state index is 12.7. The van der Waals surface area contributed by atoms with Gasteiger partial charge in [0, 0.05) is 6.08 Å². The molecule has 47 heavy (non-hydrogen) atoms. The van der Waals surface area contributed by atoms with E-state index in [1.165, 1.54) is 30.3 Å². The van der Waals surface area contributed by atoms with E-state index in [2.05, 4.69) is 0 Å². The number of ether oxygens (including phenoxy) is 5. The topological polar surface area (TPSA) is 303 Å². The van der Waals surface area contributed by atoms with Crippen molar-refractivity contribution in [1.29, 1.82) is 0 Å². The summed E-state index contributed by atoms with van der Waals surface area (Å²) in [6, 6.07) is 5.62. The molecule has 258 valence electrons. The zero-order valence-electron chi connectivity index (χ0n) is 24.4. The molecule has 2 aliphatic heterocycles. The van der Waals surface area contributed by atoms with Crippen molar-refractivity contribution in [1.82, 2.24) is 0 Å². The Balaban J connectivity index is 1.70. The highest BCUT2D eigenvalue weighted by molar-refractivity contribution is 6.02. The molecule has 18 nitrogen and oxygen atoms in total. The molecule has 2 aliphatic rings. The van der Waals surface area contributed by atoms with Crippen molar-refractivity contribution in [3.63, 3.8) is 0 Å². The highest BCUT2D eigenvalue weighted by Crippen LogP contribution is 2.53. The molecular weight excluding hydrogens is 636 g/mol. The first-order valence-electron chi connectivity index (χ1n) is 14.0. The van der Waals surface area contributed by atoms with Gasteiger partial charge in [0.2, 0.25) is 29.8 Å². The van der Waals surface area contributed by atoms with Crippen LogP contribution >= 0.6 is 0 Å². The largest absolute Gasteiger partial charge is 0.508 e. The Hall–Kier alpha value is -4.24. The Labute approximate surface area is 265 Å². The van der Waals surface area contributed by atoms with Crippen LogP contribution in [-0.4, -0.2) is 143 Å². The van der Waals surface area contributed by atoms with Crippen LogP contribution in [0.2, 0.25) is 0 Å². The number of rotatable bonds is 10. The lowest BCUT2D eigenvalue weighted by atomic mass is 9.99. The number of aliphatic hydroxyl groups excluding tert-OH is 7. The first kappa shape index (κ1) is 35.6. The van der Waals surface area contributed by atoms with Crippen LogP contribution in [0.5, 0.6) is 34.5 Å². The van der Waals surface area contributed by atoms with E-state index in [1.807, 2.05) is 0 Å². The van der Waals surface area contributed by atoms with Crippen molar-refractivity contribution in [2.24, 2.45) is 0 Å². The van der Waals surface area contributed by atoms with Crippen molar-refractivity contribution in [2.45, 2.75) is 68.3 Å². The molecular formula is C29H34O18. The van der Waals surface area contributed by atoms with E-state index < -0.39 is 121 Å². The number of carbonyl (C=O) groups is 2. The molecule has 2 aromatic carbocycles. The lowest BCUT2D eigenvalue weighted by molar-refractivity contribution is -0.282. The summed E-state index contributed by atoms with van der Waals surface area (Å²) >= 11 is 0. The van der Waals surface area contributed by atoms with Gasteiger partial charge in [-0.15, -0.1) is 0 Å². The van der Waals surface area contributed by atoms with E-state index in [4.69, 9.17) is 23.7 Å². The van der Waals surface area contributed by atoms with Gasteiger partial charge in [0.15, 0.2) is 23.4 Å². The van der Waals surface area contributed by atoms with E-state index >= 15 is 0 Å². The van der Waals surface area contributed by atoms with E-state index in [0.29, 0.717) is 5.56 Å². The molecule has 11 N–H and O–H groups in total. The quantitative estimate of drug-likeness (QED) is 0.0698. The molecule has 2 heterocycles. The molecule has 0 radical (unpaired) electrons. The maximum Gasteiger partial charge on any atom is 0.331 e. The number of Topliss-reactive ketones (excluding diaryl/α,β-unsaturated/α-hetero) is 1. The number of aliphatic hydroxyl groups is 7. The normalized spacial score (nSPS) is 31.0. The molecule has 0 unspecified atom stereocenters. The van der Waals surface area contributed by atoms with Crippen LogP contribution in [0, 0.1) is 0 Å². The number of phenolic OH excluding ortho intramolecular Hbond substituents is 4. The number of phenols is 4. The van der Waals surface area contributed by atoms with Crippen molar-refractivity contribution in [3.05, 3.63) is 41.5 Å². The summed E-state index contributed by atoms with van der Waals surface area (Å²) in [6.07, 6.45) is -16.5. The summed E-state index contributed by atoms with van der Waals surface area (Å²) in [6.45, 7) is -0.886. The van der Waals surface area contributed by atoms with Gasteiger partial charge >= 0.3 is 5.97 Å². The van der Waals surface area contributed by atoms with Gasteiger partial charge in [-0.25, -0.2) is 4.79 Å². The molecule has 2 aromatic rings. The first-order chi connectivity index (χ1) is 22.2. The monoisotopic (exact) mass is 670 g/mol. The van der Waals surface area contributed by atoms with Gasteiger partial charge in [-0.3, -0.25) is 4.79 Å². The third kappa shape index (κ3) is 7.35. The highest BCUT2D eigenvalue weighted by atomic mass is 16.7. The standard InChI is InChI=1S/C29H34O18/c1-10(32)16-19(37)25(46-28-23(41)21(39)17(35)13(8-30)43-28)24(42)26(20(16)38)47-29-27(22(40)18(36)14(9-31)44-29)45-15(34)7-4-11-2-5-12(33)6-3-11/h2-7,13-14,17-18,21-23,27-31,33,35-42H,8-9H2,1H3/b7-4+/t13-,14-,17-,18-,21+,22+,23-,27-,28+,29+/m1/s1. The number of ketones is 1. The van der Waals surface area contributed by atoms with E-state index in [1.54, 1.807) is 0 Å². The highest BCUT2D eigenvalue weighted by Gasteiger charge is 2.49. The Morgan fingerprint density at radius 2 is 1.23 bits per heavy atom. The Morgan fingerprint density at radius 1 is 0.723 bits per heavy atom. The number of hydrogen-bond acceptors (Lipinski definition) is 18. The second kappa shape index (κ2) is 14.7. The molecule has 18 heteroatoms. The number of aromatic hydroxyl groups is 4. The third-order valence-corrected chi connectivity index (χ3v) is 7.38. The van der Waals surface area contributed by atoms with Crippen LogP contribution in [0.15, 0.2) is 30.3 Å². The molecule has 2 saturated heterocycles. The minimum Gasteiger partial charge on any atom is -0.508 e. The summed E-state index contributed by atoms with van der Waals surface area (Å²) in [5, 5.41) is 113. The summed E-state index contributed by atoms with van der Waals surface area (Å²) < 4.78 is 26.7. The second-order valence-electron chi connectivity index (χ2n) is 10.6. The minimum atomic E-state index is -2.05. The van der Waals surface area contributed by atoms with Crippen molar-refractivity contribution in [2.75, 3.05) is 13.2 Å². The van der Waals surface area contributed by atoms with Gasteiger partial charge in [0.05, 0.1) is 13.2 Å². The fourth-order valence-corrected chi connectivity index (χ4v) is 4.82. The van der Waals surface area contributed by atoms with E-state index in [0.717, 1.165) is 13.0 Å². The predicted octanol–water partition coefficient (Wildman–Crippen LogP) is -2.67. The summed E-state index contributed by atoms with van der Waals surface area (Å²) in [5.74, 6) is -8.04. The van der Waals surface area contributed by atoms with Crippen LogP contribution in [0.4, 0.5) is 0 Å². The first-order valence-corrected chi connectivity index (χ1v) is 14.0.